The molecule has 7 nitrogen and oxygen atoms in total. The number of nitrogens with zero attached hydrogens (tertiary/aromatic N) is 2. The number of aliphatic hydroxyl groups is 1. The highest BCUT2D eigenvalue weighted by molar-refractivity contribution is 7.18. The van der Waals surface area contributed by atoms with Gasteiger partial charge in [-0.2, -0.15) is 0 Å². The molecule has 1 saturated heterocycles. The number of hydrogen-bond donors (Lipinski definition) is 1. The Morgan fingerprint density at radius 2 is 1.75 bits per heavy atom. The van der Waals surface area contributed by atoms with Crippen LogP contribution >= 0.6 is 11.3 Å². The molecule has 162 valence electrons. The van der Waals surface area contributed by atoms with Crippen molar-refractivity contribution in [1.29, 1.82) is 0 Å². The zero-order valence-electron chi connectivity index (χ0n) is 17.7. The summed E-state index contributed by atoms with van der Waals surface area (Å²) in [6, 6.07) is 14.6. The van der Waals surface area contributed by atoms with E-state index in [1.54, 1.807) is 55.5 Å². The molecule has 2 aromatic carbocycles. The van der Waals surface area contributed by atoms with Crippen LogP contribution in [0.15, 0.2) is 60.2 Å². The van der Waals surface area contributed by atoms with E-state index >= 15 is 0 Å². The monoisotopic (exact) mass is 448 g/mol. The maximum absolute atomic E-state index is 13.1. The molecule has 1 fully saturated rings. The third-order valence-corrected chi connectivity index (χ3v) is 6.49. The van der Waals surface area contributed by atoms with Gasteiger partial charge >= 0.3 is 5.91 Å². The average molecular weight is 449 g/mol. The Bertz CT molecular complexity index is 1250. The quantitative estimate of drug-likeness (QED) is 0.271. The zero-order chi connectivity index (χ0) is 23.0. The van der Waals surface area contributed by atoms with Crippen LogP contribution < -0.4 is 9.64 Å². The lowest BCUT2D eigenvalue weighted by molar-refractivity contribution is -0.132. The lowest BCUT2D eigenvalue weighted by atomic mass is 9.95. The first-order chi connectivity index (χ1) is 15.3. The second-order valence-corrected chi connectivity index (χ2v) is 8.25. The number of methoxy groups -OCH3 is 1. The Kier molecular flexibility index (Phi) is 5.63. The van der Waals surface area contributed by atoms with E-state index in [0.29, 0.717) is 27.4 Å². The number of thiazole rings is 1. The molecule has 8 heteroatoms. The molecular weight excluding hydrogens is 428 g/mol. The summed E-state index contributed by atoms with van der Waals surface area (Å²) in [5.41, 5.74) is 1.47. The number of aromatic nitrogens is 1. The number of carbonyl (C=O) groups is 3. The van der Waals surface area contributed by atoms with Gasteiger partial charge in [-0.25, -0.2) is 4.98 Å². The predicted octanol–water partition coefficient (Wildman–Crippen LogP) is 4.29. The number of Topliss-reactive ketones (excluding diaryl/α,β-unsaturated/α-hetero) is 2. The number of amides is 1. The standard InChI is InChI=1S/C24H20N2O5S/c1-13-22(14(2)27)32-24(25-13)26-19(15-7-5-4-6-8-15)18(21(29)23(26)30)20(28)16-9-11-17(31-3)12-10-16/h4-12,19,28H,1-3H3. The molecule has 4 rings (SSSR count). The summed E-state index contributed by atoms with van der Waals surface area (Å²) in [7, 11) is 1.53. The summed E-state index contributed by atoms with van der Waals surface area (Å²) in [6.07, 6.45) is 0. The van der Waals surface area contributed by atoms with Crippen LogP contribution in [0.25, 0.3) is 5.76 Å². The van der Waals surface area contributed by atoms with Gasteiger partial charge in [-0.15, -0.1) is 0 Å². The van der Waals surface area contributed by atoms with Crippen molar-refractivity contribution in [1.82, 2.24) is 4.98 Å². The Morgan fingerprint density at radius 1 is 1.09 bits per heavy atom. The minimum absolute atomic E-state index is 0.0383. The Morgan fingerprint density at radius 3 is 2.31 bits per heavy atom. The third kappa shape index (κ3) is 3.58. The van der Waals surface area contributed by atoms with E-state index in [1.165, 1.54) is 18.9 Å². The molecule has 1 aliphatic rings. The van der Waals surface area contributed by atoms with E-state index in [9.17, 15) is 19.5 Å². The van der Waals surface area contributed by atoms with Crippen molar-refractivity contribution in [2.75, 3.05) is 12.0 Å². The van der Waals surface area contributed by atoms with Crippen molar-refractivity contribution in [3.63, 3.8) is 0 Å². The van der Waals surface area contributed by atoms with Crippen LogP contribution in [0.4, 0.5) is 5.13 Å². The van der Waals surface area contributed by atoms with Crippen molar-refractivity contribution >= 4 is 39.7 Å². The fourth-order valence-electron chi connectivity index (χ4n) is 3.70. The summed E-state index contributed by atoms with van der Waals surface area (Å²) in [4.78, 5) is 44.2. The molecular formula is C24H20N2O5S. The topological polar surface area (TPSA) is 96.8 Å². The first-order valence-electron chi connectivity index (χ1n) is 9.82. The maximum atomic E-state index is 13.1. The molecule has 0 aliphatic carbocycles. The fourth-order valence-corrected chi connectivity index (χ4v) is 4.69. The van der Waals surface area contributed by atoms with Gasteiger partial charge < -0.3 is 9.84 Å². The number of carbonyl (C=O) groups excluding carboxylic acids is 3. The molecule has 0 spiro atoms. The Labute approximate surface area is 188 Å². The Hall–Kier alpha value is -3.78. The van der Waals surface area contributed by atoms with E-state index in [1.807, 2.05) is 6.07 Å². The number of hydrogen-bond acceptors (Lipinski definition) is 7. The first-order valence-corrected chi connectivity index (χ1v) is 10.6. The number of rotatable bonds is 5. The first kappa shape index (κ1) is 21.5. The van der Waals surface area contributed by atoms with Gasteiger partial charge in [0.05, 0.1) is 29.3 Å². The molecule has 1 unspecified atom stereocenters. The van der Waals surface area contributed by atoms with Crippen LogP contribution in [0, 0.1) is 6.92 Å². The highest BCUT2D eigenvalue weighted by Gasteiger charge is 2.48. The van der Waals surface area contributed by atoms with Gasteiger partial charge in [-0.05, 0) is 36.8 Å². The lowest BCUT2D eigenvalue weighted by Gasteiger charge is -2.23. The second kappa shape index (κ2) is 8.39. The highest BCUT2D eigenvalue weighted by atomic mass is 32.1. The van der Waals surface area contributed by atoms with E-state index in [-0.39, 0.29) is 22.2 Å². The minimum atomic E-state index is -0.886. The largest absolute Gasteiger partial charge is 0.507 e. The molecule has 1 N–H and O–H groups in total. The van der Waals surface area contributed by atoms with Crippen molar-refractivity contribution < 1.29 is 24.2 Å². The molecule has 2 heterocycles. The number of aryl methyl sites for hydroxylation is 1. The number of anilines is 1. The van der Waals surface area contributed by atoms with Crippen molar-refractivity contribution in [3.05, 3.63) is 81.9 Å². The smallest absolute Gasteiger partial charge is 0.301 e. The van der Waals surface area contributed by atoms with Crippen LogP contribution in [0.1, 0.15) is 39.5 Å². The molecule has 0 radical (unpaired) electrons. The minimum Gasteiger partial charge on any atom is -0.507 e. The molecule has 3 aromatic rings. The summed E-state index contributed by atoms with van der Waals surface area (Å²) in [5.74, 6) is -1.49. The number of ether oxygens (including phenoxy) is 1. The molecule has 1 atom stereocenters. The van der Waals surface area contributed by atoms with Crippen LogP contribution in [0.2, 0.25) is 0 Å². The third-order valence-electron chi connectivity index (χ3n) is 5.23. The average Bonchev–Trinajstić information content (AvgIpc) is 3.31. The summed E-state index contributed by atoms with van der Waals surface area (Å²) >= 11 is 1.06. The van der Waals surface area contributed by atoms with Gasteiger partial charge in [-0.3, -0.25) is 19.3 Å². The highest BCUT2D eigenvalue weighted by Crippen LogP contribution is 2.43. The van der Waals surface area contributed by atoms with Gasteiger partial charge in [0.1, 0.15) is 11.5 Å². The molecule has 1 amide bonds. The number of benzene rings is 2. The summed E-state index contributed by atoms with van der Waals surface area (Å²) in [6.45, 7) is 3.11. The lowest BCUT2D eigenvalue weighted by Crippen LogP contribution is -2.29. The van der Waals surface area contributed by atoms with E-state index in [0.717, 1.165) is 11.3 Å². The van der Waals surface area contributed by atoms with Gasteiger partial charge in [0.25, 0.3) is 5.78 Å². The predicted molar refractivity (Wildman–Crippen MR) is 121 cm³/mol. The van der Waals surface area contributed by atoms with Crippen molar-refractivity contribution in [2.45, 2.75) is 19.9 Å². The SMILES string of the molecule is COc1ccc(C(O)=C2C(=O)C(=O)N(c3nc(C)c(C(C)=O)s3)C2c2ccccc2)cc1. The van der Waals surface area contributed by atoms with E-state index < -0.39 is 17.7 Å². The summed E-state index contributed by atoms with van der Waals surface area (Å²) in [5, 5.41) is 11.3. The van der Waals surface area contributed by atoms with Gasteiger partial charge in [-0.1, -0.05) is 41.7 Å². The Balaban J connectivity index is 1.91. The van der Waals surface area contributed by atoms with Crippen LogP contribution in [0.3, 0.4) is 0 Å². The van der Waals surface area contributed by atoms with Crippen molar-refractivity contribution in [3.8, 4) is 5.75 Å². The fraction of sp³-hybridized carbons (Fsp3) is 0.167. The molecule has 1 aromatic heterocycles. The number of ketones is 2. The molecule has 0 saturated carbocycles. The van der Waals surface area contributed by atoms with Gasteiger partial charge in [0.15, 0.2) is 10.9 Å². The van der Waals surface area contributed by atoms with Gasteiger partial charge in [0.2, 0.25) is 0 Å². The van der Waals surface area contributed by atoms with E-state index in [4.69, 9.17) is 4.74 Å². The second-order valence-electron chi connectivity index (χ2n) is 7.28. The molecule has 1 aliphatic heterocycles. The molecule has 32 heavy (non-hydrogen) atoms. The summed E-state index contributed by atoms with van der Waals surface area (Å²) < 4.78 is 5.15. The van der Waals surface area contributed by atoms with Crippen LogP contribution in [-0.4, -0.2) is 34.7 Å². The number of aliphatic hydroxyl groups excluding tert-OH is 1. The van der Waals surface area contributed by atoms with Crippen molar-refractivity contribution in [2.24, 2.45) is 0 Å². The van der Waals surface area contributed by atoms with E-state index in [2.05, 4.69) is 4.98 Å². The maximum Gasteiger partial charge on any atom is 0.301 e. The molecule has 0 bridgehead atoms. The van der Waals surface area contributed by atoms with Crippen LogP contribution in [-0.2, 0) is 9.59 Å². The van der Waals surface area contributed by atoms with Crippen LogP contribution in [0.5, 0.6) is 5.75 Å². The normalized spacial score (nSPS) is 17.6. The van der Waals surface area contributed by atoms with Gasteiger partial charge in [0, 0.05) is 12.5 Å². The zero-order valence-corrected chi connectivity index (χ0v) is 18.5.